The van der Waals surface area contributed by atoms with Crippen LogP contribution < -0.4 is 10.9 Å². The van der Waals surface area contributed by atoms with Gasteiger partial charge in [0.05, 0.1) is 11.4 Å². The van der Waals surface area contributed by atoms with Gasteiger partial charge in [0.15, 0.2) is 9.50 Å². The number of thioether (sulfide) groups is 2. The van der Waals surface area contributed by atoms with Crippen molar-refractivity contribution in [1.82, 2.24) is 24.7 Å². The summed E-state index contributed by atoms with van der Waals surface area (Å²) in [6, 6.07) is 13.5. The van der Waals surface area contributed by atoms with Gasteiger partial charge in [0, 0.05) is 10.9 Å². The summed E-state index contributed by atoms with van der Waals surface area (Å²) in [7, 11) is 0. The predicted molar refractivity (Wildman–Crippen MR) is 144 cm³/mol. The molecule has 0 saturated carbocycles. The Morgan fingerprint density at radius 2 is 1.94 bits per heavy atom. The third-order valence-corrected chi connectivity index (χ3v) is 8.36. The van der Waals surface area contributed by atoms with Gasteiger partial charge in [-0.05, 0) is 42.9 Å². The maximum Gasteiger partial charge on any atom is 0.283 e. The zero-order valence-electron chi connectivity index (χ0n) is 19.3. The topological polar surface area (TPSA) is 106 Å². The SMILES string of the molecule is CCSc1nnc(NC(=O)CSc2nc3c([nH]c4ccccc43)c(=O)n2-c2cccc(C)c2C)s1. The van der Waals surface area contributed by atoms with E-state index in [9.17, 15) is 9.59 Å². The molecule has 1 amide bonds. The Hall–Kier alpha value is -3.15. The van der Waals surface area contributed by atoms with Gasteiger partial charge in [-0.2, -0.15) is 0 Å². The second-order valence-electron chi connectivity index (χ2n) is 7.79. The number of amides is 1. The van der Waals surface area contributed by atoms with E-state index in [1.165, 1.54) is 23.1 Å². The van der Waals surface area contributed by atoms with Gasteiger partial charge in [-0.1, -0.05) is 72.1 Å². The molecule has 11 heteroatoms. The summed E-state index contributed by atoms with van der Waals surface area (Å²) in [6.07, 6.45) is 0. The number of para-hydroxylation sites is 1. The number of nitrogens with zero attached hydrogens (tertiary/aromatic N) is 4. The minimum atomic E-state index is -0.236. The molecule has 0 unspecified atom stereocenters. The van der Waals surface area contributed by atoms with Crippen molar-refractivity contribution >= 4 is 67.8 Å². The average molecular weight is 523 g/mol. The lowest BCUT2D eigenvalue weighted by atomic mass is 10.1. The summed E-state index contributed by atoms with van der Waals surface area (Å²) in [5.41, 5.74) is 4.47. The summed E-state index contributed by atoms with van der Waals surface area (Å²) in [5, 5.41) is 12.7. The predicted octanol–water partition coefficient (Wildman–Crippen LogP) is 5.18. The van der Waals surface area contributed by atoms with E-state index in [0.29, 0.717) is 21.3 Å². The molecule has 0 aliphatic rings. The van der Waals surface area contributed by atoms with Crippen molar-refractivity contribution in [3.63, 3.8) is 0 Å². The number of aromatic nitrogens is 5. The standard InChI is InChI=1S/C24H22N6O2S3/c1-4-33-24-29-28-22(35-24)26-18(31)12-34-23-27-19-15-9-5-6-10-16(15)25-20(19)21(32)30(23)17-11-7-8-13(2)14(17)3/h5-11,25H,4,12H2,1-3H3,(H,26,28,31). The monoisotopic (exact) mass is 522 g/mol. The smallest absolute Gasteiger partial charge is 0.283 e. The van der Waals surface area contributed by atoms with Crippen molar-refractivity contribution in [1.29, 1.82) is 0 Å². The second-order valence-corrected chi connectivity index (χ2v) is 11.2. The van der Waals surface area contributed by atoms with E-state index in [4.69, 9.17) is 4.98 Å². The van der Waals surface area contributed by atoms with Crippen molar-refractivity contribution in [3.05, 3.63) is 63.9 Å². The lowest BCUT2D eigenvalue weighted by Gasteiger charge is -2.15. The number of carbonyl (C=O) groups is 1. The Labute approximate surface area is 213 Å². The molecule has 3 heterocycles. The van der Waals surface area contributed by atoms with E-state index in [1.54, 1.807) is 16.3 Å². The molecule has 3 aromatic heterocycles. The Morgan fingerprint density at radius 1 is 1.11 bits per heavy atom. The third kappa shape index (κ3) is 4.58. The second kappa shape index (κ2) is 9.84. The molecule has 5 aromatic rings. The highest BCUT2D eigenvalue weighted by Gasteiger charge is 2.20. The van der Waals surface area contributed by atoms with Crippen molar-refractivity contribution in [3.8, 4) is 5.69 Å². The Kier molecular flexibility index (Phi) is 6.63. The first-order valence-corrected chi connectivity index (χ1v) is 13.7. The van der Waals surface area contributed by atoms with Crippen molar-refractivity contribution < 1.29 is 4.79 Å². The number of benzene rings is 2. The van der Waals surface area contributed by atoms with Crippen molar-refractivity contribution in [2.75, 3.05) is 16.8 Å². The molecule has 5 rings (SSSR count). The lowest BCUT2D eigenvalue weighted by Crippen LogP contribution is -2.23. The van der Waals surface area contributed by atoms with Crippen LogP contribution in [0.4, 0.5) is 5.13 Å². The molecule has 0 radical (unpaired) electrons. The minimum absolute atomic E-state index is 0.0704. The Balaban J connectivity index is 1.54. The van der Waals surface area contributed by atoms with Crippen LogP contribution in [-0.2, 0) is 4.79 Å². The summed E-state index contributed by atoms with van der Waals surface area (Å²) < 4.78 is 2.41. The number of hydrogen-bond donors (Lipinski definition) is 2. The van der Waals surface area contributed by atoms with Gasteiger partial charge in [-0.15, -0.1) is 10.2 Å². The van der Waals surface area contributed by atoms with Crippen LogP contribution in [0.2, 0.25) is 0 Å². The van der Waals surface area contributed by atoms with E-state index < -0.39 is 0 Å². The number of H-pyrrole nitrogens is 1. The summed E-state index contributed by atoms with van der Waals surface area (Å²) in [5.74, 6) is 0.720. The highest BCUT2D eigenvalue weighted by atomic mass is 32.2. The Morgan fingerprint density at radius 3 is 2.77 bits per heavy atom. The van der Waals surface area contributed by atoms with Gasteiger partial charge < -0.3 is 4.98 Å². The maximum atomic E-state index is 13.7. The van der Waals surface area contributed by atoms with Gasteiger partial charge in [0.1, 0.15) is 11.0 Å². The number of hydrogen-bond acceptors (Lipinski definition) is 8. The average Bonchev–Trinajstić information content (AvgIpc) is 3.45. The summed E-state index contributed by atoms with van der Waals surface area (Å²) >= 11 is 4.14. The van der Waals surface area contributed by atoms with E-state index >= 15 is 0 Å². The number of carbonyl (C=O) groups excluding carboxylic acids is 1. The van der Waals surface area contributed by atoms with Gasteiger partial charge in [-0.25, -0.2) is 4.98 Å². The first-order chi connectivity index (χ1) is 17.0. The van der Waals surface area contributed by atoms with Crippen LogP contribution >= 0.6 is 34.9 Å². The van der Waals surface area contributed by atoms with E-state index in [2.05, 4.69) is 20.5 Å². The van der Waals surface area contributed by atoms with Crippen LogP contribution in [0.3, 0.4) is 0 Å². The minimum Gasteiger partial charge on any atom is -0.349 e. The van der Waals surface area contributed by atoms with Crippen LogP contribution in [0.1, 0.15) is 18.1 Å². The molecular weight excluding hydrogens is 501 g/mol. The largest absolute Gasteiger partial charge is 0.349 e. The Bertz CT molecular complexity index is 1620. The fourth-order valence-electron chi connectivity index (χ4n) is 3.76. The molecule has 0 aliphatic carbocycles. The van der Waals surface area contributed by atoms with Crippen LogP contribution in [-0.4, -0.2) is 42.1 Å². The molecule has 2 aromatic carbocycles. The van der Waals surface area contributed by atoms with Crippen molar-refractivity contribution in [2.45, 2.75) is 30.3 Å². The van der Waals surface area contributed by atoms with Gasteiger partial charge in [-0.3, -0.25) is 19.5 Å². The zero-order chi connectivity index (χ0) is 24.5. The number of fused-ring (bicyclic) bond motifs is 3. The fraction of sp³-hybridized carbons (Fsp3) is 0.208. The molecule has 0 bridgehead atoms. The number of anilines is 1. The molecule has 178 valence electrons. The highest BCUT2D eigenvalue weighted by molar-refractivity contribution is 8.01. The number of aryl methyl sites for hydroxylation is 1. The number of rotatable bonds is 7. The molecule has 8 nitrogen and oxygen atoms in total. The van der Waals surface area contributed by atoms with Crippen molar-refractivity contribution in [2.24, 2.45) is 0 Å². The molecular formula is C24H22N6O2S3. The summed E-state index contributed by atoms with van der Waals surface area (Å²) in [6.45, 7) is 6.02. The number of aromatic amines is 1. The molecule has 0 fully saturated rings. The third-order valence-electron chi connectivity index (χ3n) is 5.56. The fourth-order valence-corrected chi connectivity index (χ4v) is 6.22. The molecule has 0 atom stereocenters. The highest BCUT2D eigenvalue weighted by Crippen LogP contribution is 2.29. The lowest BCUT2D eigenvalue weighted by molar-refractivity contribution is -0.113. The van der Waals surface area contributed by atoms with E-state index in [-0.39, 0.29) is 17.2 Å². The van der Waals surface area contributed by atoms with Gasteiger partial charge in [0.25, 0.3) is 5.56 Å². The van der Waals surface area contributed by atoms with Crippen LogP contribution in [0, 0.1) is 13.8 Å². The first kappa shape index (κ1) is 23.6. The first-order valence-electron chi connectivity index (χ1n) is 10.9. The van der Waals surface area contributed by atoms with Gasteiger partial charge in [0.2, 0.25) is 11.0 Å². The van der Waals surface area contributed by atoms with Crippen LogP contribution in [0.25, 0.3) is 27.6 Å². The maximum absolute atomic E-state index is 13.7. The van der Waals surface area contributed by atoms with Crippen LogP contribution in [0.15, 0.2) is 56.8 Å². The molecule has 0 spiro atoms. The van der Waals surface area contributed by atoms with Gasteiger partial charge >= 0.3 is 0 Å². The zero-order valence-corrected chi connectivity index (χ0v) is 21.7. The van der Waals surface area contributed by atoms with E-state index in [0.717, 1.165) is 37.8 Å². The molecule has 35 heavy (non-hydrogen) atoms. The quantitative estimate of drug-likeness (QED) is 0.172. The molecule has 2 N–H and O–H groups in total. The molecule has 0 saturated heterocycles. The normalized spacial score (nSPS) is 11.4. The van der Waals surface area contributed by atoms with Crippen LogP contribution in [0.5, 0.6) is 0 Å². The molecule has 0 aliphatic heterocycles. The number of nitrogens with one attached hydrogen (secondary N) is 2. The van der Waals surface area contributed by atoms with E-state index in [1.807, 2.05) is 63.2 Å². The summed E-state index contributed by atoms with van der Waals surface area (Å²) in [4.78, 5) is 34.5.